The van der Waals surface area contributed by atoms with Crippen LogP contribution >= 0.6 is 35.7 Å². The van der Waals surface area contributed by atoms with Gasteiger partial charge >= 0.3 is 0 Å². The number of benzene rings is 1. The highest BCUT2D eigenvalue weighted by atomic mass is 127. The first-order valence-corrected chi connectivity index (χ1v) is 9.60. The van der Waals surface area contributed by atoms with Gasteiger partial charge in [0.15, 0.2) is 5.96 Å². The second kappa shape index (κ2) is 10.1. The van der Waals surface area contributed by atoms with E-state index < -0.39 is 0 Å². The molecule has 0 radical (unpaired) electrons. The molecule has 2 fully saturated rings. The SMILES string of the molecule is I.NC(=NCC(=O)N1CCN(c2ccccc2)CC1)N1CCSCC1. The molecule has 0 unspecified atom stereocenters. The van der Waals surface area contributed by atoms with Crippen LogP contribution < -0.4 is 10.6 Å². The summed E-state index contributed by atoms with van der Waals surface area (Å²) >= 11 is 1.93. The van der Waals surface area contributed by atoms with Crippen molar-refractivity contribution in [2.75, 3.05) is 62.2 Å². The van der Waals surface area contributed by atoms with E-state index >= 15 is 0 Å². The van der Waals surface area contributed by atoms with Gasteiger partial charge in [0.1, 0.15) is 6.54 Å². The number of guanidine groups is 1. The second-order valence-electron chi connectivity index (χ2n) is 5.98. The van der Waals surface area contributed by atoms with E-state index in [1.165, 1.54) is 5.69 Å². The molecule has 8 heteroatoms. The Hall–Kier alpha value is -1.16. The number of hydrogen-bond donors (Lipinski definition) is 1. The summed E-state index contributed by atoms with van der Waals surface area (Å²) in [7, 11) is 0. The van der Waals surface area contributed by atoms with Crippen LogP contribution in [0, 0.1) is 0 Å². The maximum atomic E-state index is 12.4. The second-order valence-corrected chi connectivity index (χ2v) is 7.20. The highest BCUT2D eigenvalue weighted by molar-refractivity contribution is 14.0. The van der Waals surface area contributed by atoms with E-state index in [1.807, 2.05) is 34.9 Å². The van der Waals surface area contributed by atoms with Gasteiger partial charge in [-0.1, -0.05) is 18.2 Å². The molecule has 2 N–H and O–H groups in total. The maximum Gasteiger partial charge on any atom is 0.244 e. The number of halogens is 1. The van der Waals surface area contributed by atoms with Gasteiger partial charge in [0.25, 0.3) is 0 Å². The molecule has 2 aliphatic heterocycles. The number of carbonyl (C=O) groups excluding carboxylic acids is 1. The summed E-state index contributed by atoms with van der Waals surface area (Å²) in [6, 6.07) is 10.3. The predicted molar refractivity (Wildman–Crippen MR) is 116 cm³/mol. The molecule has 0 spiro atoms. The lowest BCUT2D eigenvalue weighted by Gasteiger charge is -2.36. The lowest BCUT2D eigenvalue weighted by atomic mass is 10.2. The Bertz CT molecular complexity index is 572. The molecule has 2 saturated heterocycles. The number of nitrogens with zero attached hydrogens (tertiary/aromatic N) is 4. The third kappa shape index (κ3) is 5.67. The number of rotatable bonds is 3. The van der Waals surface area contributed by atoms with Crippen LogP contribution in [0.2, 0.25) is 0 Å². The first kappa shape index (κ1) is 20.2. The van der Waals surface area contributed by atoms with Gasteiger partial charge in [-0.25, -0.2) is 4.99 Å². The van der Waals surface area contributed by atoms with Crippen LogP contribution in [-0.4, -0.2) is 79.0 Å². The number of carbonyl (C=O) groups is 1. The number of anilines is 1. The number of para-hydroxylation sites is 1. The molecule has 1 aromatic carbocycles. The minimum Gasteiger partial charge on any atom is -0.370 e. The van der Waals surface area contributed by atoms with Crippen molar-refractivity contribution in [1.82, 2.24) is 9.80 Å². The largest absolute Gasteiger partial charge is 0.370 e. The van der Waals surface area contributed by atoms with Gasteiger partial charge in [0.05, 0.1) is 0 Å². The number of amides is 1. The summed E-state index contributed by atoms with van der Waals surface area (Å²) in [4.78, 5) is 22.9. The third-order valence-corrected chi connectivity index (χ3v) is 5.41. The molecule has 3 rings (SSSR count). The number of thioether (sulfide) groups is 1. The highest BCUT2D eigenvalue weighted by Gasteiger charge is 2.21. The topological polar surface area (TPSA) is 65.2 Å². The molecule has 1 amide bonds. The fourth-order valence-corrected chi connectivity index (χ4v) is 3.90. The van der Waals surface area contributed by atoms with Gasteiger partial charge in [-0.15, -0.1) is 24.0 Å². The molecule has 0 bridgehead atoms. The van der Waals surface area contributed by atoms with Crippen molar-refractivity contribution in [2.45, 2.75) is 0 Å². The number of nitrogens with two attached hydrogens (primary N) is 1. The van der Waals surface area contributed by atoms with Crippen LogP contribution in [0.5, 0.6) is 0 Å². The van der Waals surface area contributed by atoms with Crippen molar-refractivity contribution in [2.24, 2.45) is 10.7 Å². The molecular weight excluding hydrogens is 449 g/mol. The Kier molecular flexibility index (Phi) is 8.14. The van der Waals surface area contributed by atoms with E-state index in [-0.39, 0.29) is 36.4 Å². The fraction of sp³-hybridized carbons (Fsp3) is 0.529. The molecule has 0 saturated carbocycles. The normalized spacial score (nSPS) is 18.7. The summed E-state index contributed by atoms with van der Waals surface area (Å²) in [6.07, 6.45) is 0. The maximum absolute atomic E-state index is 12.4. The zero-order valence-electron chi connectivity index (χ0n) is 14.3. The summed E-state index contributed by atoms with van der Waals surface area (Å²) < 4.78 is 0. The van der Waals surface area contributed by atoms with E-state index in [1.54, 1.807) is 0 Å². The van der Waals surface area contributed by atoms with E-state index in [0.717, 1.165) is 50.8 Å². The number of hydrogen-bond acceptors (Lipinski definition) is 4. The fourth-order valence-electron chi connectivity index (χ4n) is 2.99. The van der Waals surface area contributed by atoms with E-state index in [2.05, 4.69) is 26.9 Å². The molecule has 138 valence electrons. The molecule has 25 heavy (non-hydrogen) atoms. The van der Waals surface area contributed by atoms with Gasteiger partial charge in [0.2, 0.25) is 5.91 Å². The van der Waals surface area contributed by atoms with Crippen LogP contribution in [0.25, 0.3) is 0 Å². The van der Waals surface area contributed by atoms with Crippen molar-refractivity contribution < 1.29 is 4.79 Å². The molecule has 6 nitrogen and oxygen atoms in total. The zero-order valence-corrected chi connectivity index (χ0v) is 17.5. The molecule has 0 atom stereocenters. The van der Waals surface area contributed by atoms with Crippen LogP contribution in [0.4, 0.5) is 5.69 Å². The molecule has 0 aromatic heterocycles. The quantitative estimate of drug-likeness (QED) is 0.406. The van der Waals surface area contributed by atoms with Crippen molar-refractivity contribution in [3.8, 4) is 0 Å². The van der Waals surface area contributed by atoms with E-state index in [0.29, 0.717) is 5.96 Å². The van der Waals surface area contributed by atoms with Crippen LogP contribution in [-0.2, 0) is 4.79 Å². The van der Waals surface area contributed by atoms with Gasteiger partial charge in [-0.05, 0) is 12.1 Å². The third-order valence-electron chi connectivity index (χ3n) is 4.47. The zero-order chi connectivity index (χ0) is 16.8. The van der Waals surface area contributed by atoms with Crippen molar-refractivity contribution >= 4 is 53.3 Å². The molecular formula is C17H26IN5OS. The summed E-state index contributed by atoms with van der Waals surface area (Å²) in [6.45, 7) is 5.19. The standard InChI is InChI=1S/C17H25N5OS.HI/c18-17(22-10-12-24-13-11-22)19-14-16(23)21-8-6-20(7-9-21)15-4-2-1-3-5-15;/h1-5H,6-14H2,(H2,18,19);1H. The summed E-state index contributed by atoms with van der Waals surface area (Å²) in [5, 5.41) is 0. The van der Waals surface area contributed by atoms with Gasteiger partial charge in [-0.3, -0.25) is 4.79 Å². The molecule has 0 aliphatic carbocycles. The molecule has 1 aromatic rings. The molecule has 2 heterocycles. The highest BCUT2D eigenvalue weighted by Crippen LogP contribution is 2.15. The lowest BCUT2D eigenvalue weighted by molar-refractivity contribution is -0.129. The predicted octanol–water partition coefficient (Wildman–Crippen LogP) is 1.32. The lowest BCUT2D eigenvalue weighted by Crippen LogP contribution is -2.50. The number of piperazine rings is 1. The Balaban J connectivity index is 0.00000225. The summed E-state index contributed by atoms with van der Waals surface area (Å²) in [5.41, 5.74) is 7.23. The Morgan fingerprint density at radius 2 is 1.64 bits per heavy atom. The van der Waals surface area contributed by atoms with E-state index in [9.17, 15) is 4.79 Å². The van der Waals surface area contributed by atoms with Crippen LogP contribution in [0.15, 0.2) is 35.3 Å². The first-order chi connectivity index (χ1) is 11.7. The van der Waals surface area contributed by atoms with Gasteiger partial charge in [-0.2, -0.15) is 11.8 Å². The minimum atomic E-state index is 0. The monoisotopic (exact) mass is 475 g/mol. The van der Waals surface area contributed by atoms with Crippen molar-refractivity contribution in [3.63, 3.8) is 0 Å². The Morgan fingerprint density at radius 1 is 1.00 bits per heavy atom. The van der Waals surface area contributed by atoms with Crippen molar-refractivity contribution in [1.29, 1.82) is 0 Å². The Labute approximate surface area is 170 Å². The Morgan fingerprint density at radius 3 is 2.28 bits per heavy atom. The summed E-state index contributed by atoms with van der Waals surface area (Å²) in [5.74, 6) is 2.72. The smallest absolute Gasteiger partial charge is 0.244 e. The van der Waals surface area contributed by atoms with Crippen molar-refractivity contribution in [3.05, 3.63) is 30.3 Å². The van der Waals surface area contributed by atoms with Crippen LogP contribution in [0.3, 0.4) is 0 Å². The van der Waals surface area contributed by atoms with Gasteiger partial charge in [0, 0.05) is 56.5 Å². The number of aliphatic imine (C=N–C) groups is 1. The average Bonchev–Trinajstić information content (AvgIpc) is 2.67. The first-order valence-electron chi connectivity index (χ1n) is 8.44. The van der Waals surface area contributed by atoms with E-state index in [4.69, 9.17) is 5.73 Å². The van der Waals surface area contributed by atoms with Gasteiger partial charge < -0.3 is 20.4 Å². The minimum absolute atomic E-state index is 0. The van der Waals surface area contributed by atoms with Crippen LogP contribution in [0.1, 0.15) is 0 Å². The average molecular weight is 475 g/mol. The molecule has 2 aliphatic rings.